The maximum Gasteiger partial charge on any atom is 0.258 e. The van der Waals surface area contributed by atoms with Crippen LogP contribution in [-0.4, -0.2) is 17.9 Å². The van der Waals surface area contributed by atoms with Crippen molar-refractivity contribution in [3.63, 3.8) is 0 Å². The Hall–Kier alpha value is -2.06. The van der Waals surface area contributed by atoms with Crippen molar-refractivity contribution in [2.45, 2.75) is 6.54 Å². The highest BCUT2D eigenvalue weighted by Gasteiger charge is 2.17. The van der Waals surface area contributed by atoms with Gasteiger partial charge in [-0.2, -0.15) is 5.26 Å². The van der Waals surface area contributed by atoms with Crippen LogP contribution in [0.3, 0.4) is 0 Å². The summed E-state index contributed by atoms with van der Waals surface area (Å²) in [6.07, 6.45) is 1.47. The topological polar surface area (TPSA) is 57.2 Å². The van der Waals surface area contributed by atoms with Crippen LogP contribution in [0.5, 0.6) is 0 Å². The molecule has 19 heavy (non-hydrogen) atoms. The Labute approximate surface area is 119 Å². The molecule has 0 spiro atoms. The van der Waals surface area contributed by atoms with Gasteiger partial charge in [0.25, 0.3) is 5.91 Å². The highest BCUT2D eigenvalue weighted by atomic mass is 79.9. The first-order valence-corrected chi connectivity index (χ1v) is 6.38. The van der Waals surface area contributed by atoms with Gasteiger partial charge in [0.05, 0.1) is 23.5 Å². The van der Waals surface area contributed by atoms with Crippen molar-refractivity contribution >= 4 is 21.8 Å². The summed E-state index contributed by atoms with van der Waals surface area (Å²) in [6, 6.07) is 10.8. The molecule has 1 aromatic carbocycles. The molecular weight excluding hydrogens is 308 g/mol. The van der Waals surface area contributed by atoms with E-state index in [0.29, 0.717) is 22.3 Å². The zero-order valence-electron chi connectivity index (χ0n) is 10.3. The van der Waals surface area contributed by atoms with E-state index in [1.165, 1.54) is 6.26 Å². The summed E-state index contributed by atoms with van der Waals surface area (Å²) in [5, 5.41) is 8.72. The monoisotopic (exact) mass is 318 g/mol. The molecule has 0 saturated carbocycles. The second-order valence-corrected chi connectivity index (χ2v) is 4.80. The van der Waals surface area contributed by atoms with E-state index in [4.69, 9.17) is 9.68 Å². The van der Waals surface area contributed by atoms with Crippen molar-refractivity contribution in [3.8, 4) is 6.07 Å². The molecule has 5 heteroatoms. The van der Waals surface area contributed by atoms with Gasteiger partial charge in [-0.1, -0.05) is 12.1 Å². The first-order valence-electron chi connectivity index (χ1n) is 5.59. The lowest BCUT2D eigenvalue weighted by Gasteiger charge is -2.16. The minimum absolute atomic E-state index is 0.120. The van der Waals surface area contributed by atoms with Gasteiger partial charge < -0.3 is 9.32 Å². The van der Waals surface area contributed by atoms with Crippen LogP contribution in [0.2, 0.25) is 0 Å². The summed E-state index contributed by atoms with van der Waals surface area (Å²) in [7, 11) is 1.72. The molecule has 1 amide bonds. The molecule has 1 aromatic heterocycles. The van der Waals surface area contributed by atoms with Gasteiger partial charge in [-0.05, 0) is 39.7 Å². The predicted octanol–water partition coefficient (Wildman–Crippen LogP) is 3.19. The minimum atomic E-state index is -0.120. The van der Waals surface area contributed by atoms with Crippen LogP contribution in [0, 0.1) is 11.3 Å². The van der Waals surface area contributed by atoms with Gasteiger partial charge in [-0.15, -0.1) is 0 Å². The number of carbonyl (C=O) groups excluding carboxylic acids is 1. The number of nitrogens with zero attached hydrogens (tertiary/aromatic N) is 2. The second kappa shape index (κ2) is 5.72. The summed E-state index contributed by atoms with van der Waals surface area (Å²) in [5.74, 6) is -0.120. The molecule has 0 unspecified atom stereocenters. The fourth-order valence-electron chi connectivity index (χ4n) is 1.68. The van der Waals surface area contributed by atoms with Gasteiger partial charge in [0.2, 0.25) is 0 Å². The fourth-order valence-corrected chi connectivity index (χ4v) is 2.09. The number of furan rings is 1. The lowest BCUT2D eigenvalue weighted by atomic mass is 10.1. The first-order chi connectivity index (χ1) is 9.11. The smallest absolute Gasteiger partial charge is 0.258 e. The van der Waals surface area contributed by atoms with Crippen LogP contribution in [-0.2, 0) is 6.54 Å². The molecule has 0 N–H and O–H groups in total. The maximum atomic E-state index is 12.1. The average Bonchev–Trinajstić information content (AvgIpc) is 2.85. The minimum Gasteiger partial charge on any atom is -0.457 e. The standard InChI is InChI=1S/C14H11BrN2O2/c1-17(14(18)12-6-7-19-13(12)15)9-11-4-2-10(8-16)3-5-11/h2-7H,9H2,1H3. The molecule has 0 bridgehead atoms. The number of carbonyl (C=O) groups is 1. The van der Waals surface area contributed by atoms with Gasteiger partial charge in [-0.3, -0.25) is 4.79 Å². The summed E-state index contributed by atoms with van der Waals surface area (Å²) < 4.78 is 5.48. The molecule has 0 aliphatic rings. The maximum absolute atomic E-state index is 12.1. The van der Waals surface area contributed by atoms with Gasteiger partial charge in [0.1, 0.15) is 0 Å². The number of hydrogen-bond donors (Lipinski definition) is 0. The second-order valence-electron chi connectivity index (χ2n) is 4.08. The van der Waals surface area contributed by atoms with E-state index in [-0.39, 0.29) is 5.91 Å². The van der Waals surface area contributed by atoms with Crippen LogP contribution in [0.25, 0.3) is 0 Å². The third kappa shape index (κ3) is 3.04. The van der Waals surface area contributed by atoms with Crippen LogP contribution in [0.1, 0.15) is 21.5 Å². The highest BCUT2D eigenvalue weighted by Crippen LogP contribution is 2.19. The van der Waals surface area contributed by atoms with E-state index < -0.39 is 0 Å². The Morgan fingerprint density at radius 2 is 2.05 bits per heavy atom. The molecule has 2 rings (SSSR count). The SMILES string of the molecule is CN(Cc1ccc(C#N)cc1)C(=O)c1ccoc1Br. The van der Waals surface area contributed by atoms with Crippen molar-refractivity contribution in [2.24, 2.45) is 0 Å². The van der Waals surface area contributed by atoms with Crippen LogP contribution in [0.4, 0.5) is 0 Å². The fraction of sp³-hybridized carbons (Fsp3) is 0.143. The predicted molar refractivity (Wildman–Crippen MR) is 73.4 cm³/mol. The zero-order valence-corrected chi connectivity index (χ0v) is 11.8. The van der Waals surface area contributed by atoms with Gasteiger partial charge in [-0.25, -0.2) is 0 Å². The average molecular weight is 319 g/mol. The number of amides is 1. The summed E-state index contributed by atoms with van der Waals surface area (Å²) >= 11 is 3.19. The summed E-state index contributed by atoms with van der Waals surface area (Å²) in [5.41, 5.74) is 2.07. The Bertz CT molecular complexity index is 626. The van der Waals surface area contributed by atoms with Crippen molar-refractivity contribution in [3.05, 3.63) is 58.0 Å². The van der Waals surface area contributed by atoms with Gasteiger partial charge in [0.15, 0.2) is 4.67 Å². The number of benzene rings is 1. The largest absolute Gasteiger partial charge is 0.457 e. The van der Waals surface area contributed by atoms with E-state index in [9.17, 15) is 4.79 Å². The number of rotatable bonds is 3. The van der Waals surface area contributed by atoms with Crippen LogP contribution in [0.15, 0.2) is 45.7 Å². The molecule has 0 fully saturated rings. The molecular formula is C14H11BrN2O2. The third-order valence-electron chi connectivity index (χ3n) is 2.70. The Kier molecular flexibility index (Phi) is 4.03. The van der Waals surface area contributed by atoms with Crippen molar-refractivity contribution in [2.75, 3.05) is 7.05 Å². The van der Waals surface area contributed by atoms with E-state index in [2.05, 4.69) is 22.0 Å². The van der Waals surface area contributed by atoms with E-state index in [1.54, 1.807) is 30.1 Å². The Morgan fingerprint density at radius 1 is 1.37 bits per heavy atom. The quantitative estimate of drug-likeness (QED) is 0.873. The molecule has 0 aliphatic heterocycles. The third-order valence-corrected chi connectivity index (χ3v) is 3.31. The van der Waals surface area contributed by atoms with E-state index in [1.807, 2.05) is 12.1 Å². The van der Waals surface area contributed by atoms with Crippen LogP contribution >= 0.6 is 15.9 Å². The molecule has 0 atom stereocenters. The Morgan fingerprint density at radius 3 is 2.58 bits per heavy atom. The van der Waals surface area contributed by atoms with E-state index >= 15 is 0 Å². The summed E-state index contributed by atoms with van der Waals surface area (Å²) in [6.45, 7) is 0.474. The van der Waals surface area contributed by atoms with E-state index in [0.717, 1.165) is 5.56 Å². The molecule has 0 aliphatic carbocycles. The first kappa shape index (κ1) is 13.4. The molecule has 4 nitrogen and oxygen atoms in total. The highest BCUT2D eigenvalue weighted by molar-refractivity contribution is 9.10. The molecule has 96 valence electrons. The van der Waals surface area contributed by atoms with Crippen molar-refractivity contribution in [1.82, 2.24) is 4.90 Å². The van der Waals surface area contributed by atoms with Gasteiger partial charge >= 0.3 is 0 Å². The normalized spacial score (nSPS) is 9.95. The summed E-state index contributed by atoms with van der Waals surface area (Å²) in [4.78, 5) is 13.7. The van der Waals surface area contributed by atoms with Gasteiger partial charge in [0, 0.05) is 13.6 Å². The lowest BCUT2D eigenvalue weighted by molar-refractivity contribution is 0.0783. The van der Waals surface area contributed by atoms with Crippen LogP contribution < -0.4 is 0 Å². The number of hydrogen-bond acceptors (Lipinski definition) is 3. The molecule has 2 aromatic rings. The molecule has 0 saturated heterocycles. The molecule has 0 radical (unpaired) electrons. The Balaban J connectivity index is 2.08. The number of halogens is 1. The van der Waals surface area contributed by atoms with Crippen molar-refractivity contribution in [1.29, 1.82) is 5.26 Å². The molecule has 1 heterocycles. The lowest BCUT2D eigenvalue weighted by Crippen LogP contribution is -2.26. The number of nitriles is 1. The van der Waals surface area contributed by atoms with Crippen molar-refractivity contribution < 1.29 is 9.21 Å². The zero-order chi connectivity index (χ0) is 13.8.